The molecule has 0 unspecified atom stereocenters. The van der Waals surface area contributed by atoms with Gasteiger partial charge in [0, 0.05) is 55.4 Å². The monoisotopic (exact) mass is 1070 g/mol. The van der Waals surface area contributed by atoms with Gasteiger partial charge in [0.05, 0.1) is 16.9 Å². The van der Waals surface area contributed by atoms with Crippen molar-refractivity contribution in [2.24, 2.45) is 0 Å². The third-order valence-corrected chi connectivity index (χ3v) is 16.5. The largest absolute Gasteiger partial charge is 0.455 e. The molecule has 0 saturated heterocycles. The standard InChI is InChI=1S/C80H52N2O2/c1-8-22-53(23-9-1)58-38-42-74(68(46-58)55-26-12-3-13-27-55)81(64-32-18-6-19-33-64)66-40-36-60-48-70-72-52-73-71-49-61-37-41-67(45-63(61)51-77(71)84-80(73)78(57-30-16-5-17-31-57)79(72)83-76(70)50-62(60)44-66)82(65-34-20-7-21-35-65)75-43-39-59(54-24-10-2-11-25-54)47-69(75)56-28-14-4-15-29-56/h1-52H. The maximum absolute atomic E-state index is 7.15. The first-order valence-corrected chi connectivity index (χ1v) is 28.6. The molecule has 84 heavy (non-hydrogen) atoms. The Morgan fingerprint density at radius 3 is 0.964 bits per heavy atom. The number of anilines is 6. The Bertz CT molecular complexity index is 4800. The highest BCUT2D eigenvalue weighted by atomic mass is 16.3. The summed E-state index contributed by atoms with van der Waals surface area (Å²) >= 11 is 0. The molecule has 0 aliphatic heterocycles. The van der Waals surface area contributed by atoms with Crippen LogP contribution in [0.25, 0.3) is 121 Å². The summed E-state index contributed by atoms with van der Waals surface area (Å²) in [6.07, 6.45) is 0. The molecule has 4 heteroatoms. The zero-order valence-electron chi connectivity index (χ0n) is 45.7. The second kappa shape index (κ2) is 20.4. The lowest BCUT2D eigenvalue weighted by Crippen LogP contribution is -2.11. The minimum Gasteiger partial charge on any atom is -0.455 e. The first-order valence-electron chi connectivity index (χ1n) is 28.6. The van der Waals surface area contributed by atoms with Gasteiger partial charge in [-0.15, -0.1) is 0 Å². The first-order chi connectivity index (χ1) is 41.6. The lowest BCUT2D eigenvalue weighted by Gasteiger charge is -2.28. The van der Waals surface area contributed by atoms with E-state index in [1.807, 2.05) is 0 Å². The number of fused-ring (bicyclic) bond motifs is 8. The van der Waals surface area contributed by atoms with Crippen molar-refractivity contribution in [1.29, 1.82) is 0 Å². The minimum atomic E-state index is 0.799. The molecule has 394 valence electrons. The normalized spacial score (nSPS) is 11.6. The van der Waals surface area contributed by atoms with Crippen LogP contribution >= 0.6 is 0 Å². The molecular formula is C80H52N2O2. The predicted molar refractivity (Wildman–Crippen MR) is 353 cm³/mol. The number of furan rings is 2. The Morgan fingerprint density at radius 1 is 0.214 bits per heavy atom. The number of benzene rings is 14. The minimum absolute atomic E-state index is 0.799. The molecule has 2 heterocycles. The van der Waals surface area contributed by atoms with E-state index >= 15 is 0 Å². The van der Waals surface area contributed by atoms with Gasteiger partial charge in [-0.05, 0) is 164 Å². The van der Waals surface area contributed by atoms with Crippen molar-refractivity contribution in [2.75, 3.05) is 9.80 Å². The summed E-state index contributed by atoms with van der Waals surface area (Å²) in [5, 5.41) is 8.60. The first kappa shape index (κ1) is 48.7. The van der Waals surface area contributed by atoms with Gasteiger partial charge in [-0.2, -0.15) is 0 Å². The van der Waals surface area contributed by atoms with E-state index in [4.69, 9.17) is 8.83 Å². The van der Waals surface area contributed by atoms with Gasteiger partial charge in [-0.3, -0.25) is 0 Å². The third-order valence-electron chi connectivity index (χ3n) is 16.5. The van der Waals surface area contributed by atoms with E-state index in [0.29, 0.717) is 0 Å². The zero-order valence-corrected chi connectivity index (χ0v) is 45.7. The van der Waals surface area contributed by atoms with E-state index in [-0.39, 0.29) is 0 Å². The highest BCUT2D eigenvalue weighted by Crippen LogP contribution is 2.49. The van der Waals surface area contributed by atoms with Gasteiger partial charge < -0.3 is 18.6 Å². The van der Waals surface area contributed by atoms with Gasteiger partial charge in [0.2, 0.25) is 0 Å². The van der Waals surface area contributed by atoms with Crippen LogP contribution in [0, 0.1) is 0 Å². The molecule has 0 aliphatic rings. The predicted octanol–water partition coefficient (Wildman–Crippen LogP) is 23.1. The average molecular weight is 1070 g/mol. The molecule has 0 spiro atoms. The summed E-state index contributed by atoms with van der Waals surface area (Å²) in [5.41, 5.74) is 20.9. The van der Waals surface area contributed by atoms with Crippen molar-refractivity contribution < 1.29 is 8.83 Å². The molecule has 0 aliphatic carbocycles. The summed E-state index contributed by atoms with van der Waals surface area (Å²) in [5.74, 6) is 0. The maximum atomic E-state index is 7.15. The van der Waals surface area contributed by atoms with Gasteiger partial charge in [0.1, 0.15) is 22.3 Å². The van der Waals surface area contributed by atoms with E-state index in [1.165, 1.54) is 22.3 Å². The number of nitrogens with zero attached hydrogens (tertiary/aromatic N) is 2. The van der Waals surface area contributed by atoms with Gasteiger partial charge in [0.15, 0.2) is 0 Å². The van der Waals surface area contributed by atoms with E-state index < -0.39 is 0 Å². The smallest absolute Gasteiger partial charge is 0.147 e. The molecule has 0 amide bonds. The fraction of sp³-hybridized carbons (Fsp3) is 0. The fourth-order valence-corrected chi connectivity index (χ4v) is 12.5. The summed E-state index contributed by atoms with van der Waals surface area (Å²) in [6.45, 7) is 0. The molecule has 2 aromatic heterocycles. The van der Waals surface area contributed by atoms with Gasteiger partial charge >= 0.3 is 0 Å². The summed E-state index contributed by atoms with van der Waals surface area (Å²) in [6, 6.07) is 113. The fourth-order valence-electron chi connectivity index (χ4n) is 12.5. The van der Waals surface area contributed by atoms with E-state index in [0.717, 1.165) is 133 Å². The number of hydrogen-bond acceptors (Lipinski definition) is 4. The van der Waals surface area contributed by atoms with Crippen LogP contribution < -0.4 is 9.80 Å². The molecule has 16 aromatic rings. The Labute approximate surface area is 486 Å². The highest BCUT2D eigenvalue weighted by Gasteiger charge is 2.25. The summed E-state index contributed by atoms with van der Waals surface area (Å²) in [4.78, 5) is 4.76. The van der Waals surface area contributed by atoms with Crippen molar-refractivity contribution in [3.8, 4) is 55.6 Å². The van der Waals surface area contributed by atoms with Crippen molar-refractivity contribution in [2.45, 2.75) is 0 Å². The Balaban J connectivity index is 0.838. The molecule has 0 atom stereocenters. The average Bonchev–Trinajstić information content (AvgIpc) is 2.06. The van der Waals surface area contributed by atoms with Crippen molar-refractivity contribution >= 4 is 99.5 Å². The number of para-hydroxylation sites is 2. The SMILES string of the molecule is c1ccc(-c2ccc(N(c3ccccc3)c3ccc4cc5c(cc4c3)oc3c(-c4ccccc4)c4oc6cc7cc(N(c8ccccc8)c8ccc(-c9ccccc9)cc8-c8ccccc8)ccc7cc6c4cc35)c(-c3ccccc3)c2)cc1. The Morgan fingerprint density at radius 2 is 0.571 bits per heavy atom. The second-order valence-corrected chi connectivity index (χ2v) is 21.6. The van der Waals surface area contributed by atoms with E-state index in [2.05, 4.69) is 325 Å². The van der Waals surface area contributed by atoms with E-state index in [1.54, 1.807) is 0 Å². The van der Waals surface area contributed by atoms with Gasteiger partial charge in [0.25, 0.3) is 0 Å². The van der Waals surface area contributed by atoms with Crippen LogP contribution in [0.2, 0.25) is 0 Å². The summed E-state index contributed by atoms with van der Waals surface area (Å²) in [7, 11) is 0. The molecule has 0 saturated carbocycles. The molecule has 4 nitrogen and oxygen atoms in total. The molecular weight excluding hydrogens is 1020 g/mol. The lowest BCUT2D eigenvalue weighted by molar-refractivity contribution is 0.658. The van der Waals surface area contributed by atoms with Crippen molar-refractivity contribution in [3.63, 3.8) is 0 Å². The zero-order chi connectivity index (χ0) is 55.5. The lowest BCUT2D eigenvalue weighted by atomic mass is 9.95. The van der Waals surface area contributed by atoms with Crippen LogP contribution in [0.4, 0.5) is 34.1 Å². The summed E-state index contributed by atoms with van der Waals surface area (Å²) < 4.78 is 14.3. The number of hydrogen-bond donors (Lipinski definition) is 0. The van der Waals surface area contributed by atoms with E-state index in [9.17, 15) is 0 Å². The molecule has 14 aromatic carbocycles. The second-order valence-electron chi connectivity index (χ2n) is 21.6. The van der Waals surface area contributed by atoms with Crippen LogP contribution in [0.1, 0.15) is 0 Å². The van der Waals surface area contributed by atoms with Crippen molar-refractivity contribution in [1.82, 2.24) is 0 Å². The molecule has 0 bridgehead atoms. The highest BCUT2D eigenvalue weighted by molar-refractivity contribution is 6.24. The maximum Gasteiger partial charge on any atom is 0.147 e. The quantitative estimate of drug-likeness (QED) is 0.129. The molecule has 0 fully saturated rings. The van der Waals surface area contributed by atoms with Crippen LogP contribution in [0.15, 0.2) is 324 Å². The molecule has 0 N–H and O–H groups in total. The molecule has 0 radical (unpaired) electrons. The van der Waals surface area contributed by atoms with Crippen molar-refractivity contribution in [3.05, 3.63) is 315 Å². The number of rotatable bonds is 11. The Hall–Kier alpha value is -11.2. The van der Waals surface area contributed by atoms with Crippen LogP contribution in [0.5, 0.6) is 0 Å². The van der Waals surface area contributed by atoms with Crippen LogP contribution in [0.3, 0.4) is 0 Å². The topological polar surface area (TPSA) is 32.8 Å². The third kappa shape index (κ3) is 8.55. The van der Waals surface area contributed by atoms with Crippen LogP contribution in [-0.2, 0) is 0 Å². The van der Waals surface area contributed by atoms with Gasteiger partial charge in [-0.1, -0.05) is 212 Å². The van der Waals surface area contributed by atoms with Gasteiger partial charge in [-0.25, -0.2) is 0 Å². The Kier molecular flexibility index (Phi) is 11.8. The van der Waals surface area contributed by atoms with Crippen LogP contribution in [-0.4, -0.2) is 0 Å². The molecule has 16 rings (SSSR count).